The van der Waals surface area contributed by atoms with E-state index in [2.05, 4.69) is 50.3 Å². The Morgan fingerprint density at radius 2 is 1.97 bits per heavy atom. The number of para-hydroxylation sites is 1. The molecule has 0 aliphatic rings. The van der Waals surface area contributed by atoms with Crippen molar-refractivity contribution in [3.63, 3.8) is 0 Å². The van der Waals surface area contributed by atoms with Crippen LogP contribution in [0.3, 0.4) is 0 Å². The van der Waals surface area contributed by atoms with Crippen molar-refractivity contribution in [3.8, 4) is 5.75 Å². The average Bonchev–Trinajstić information content (AvgIpc) is 3.15. The second-order valence-corrected chi connectivity index (χ2v) is 9.16. The fourth-order valence-electron chi connectivity index (χ4n) is 3.02. The van der Waals surface area contributed by atoms with Gasteiger partial charge >= 0.3 is 0 Å². The Morgan fingerprint density at radius 1 is 1.23 bits per heavy atom. The fourth-order valence-corrected chi connectivity index (χ4v) is 4.01. The van der Waals surface area contributed by atoms with Gasteiger partial charge in [0.25, 0.3) is 0 Å². The van der Waals surface area contributed by atoms with E-state index in [0.29, 0.717) is 23.5 Å². The van der Waals surface area contributed by atoms with Gasteiger partial charge in [0.1, 0.15) is 12.4 Å². The number of carbonyl (C=O) groups excluding carboxylic acids is 1. The summed E-state index contributed by atoms with van der Waals surface area (Å²) in [6.45, 7) is 8.52. The van der Waals surface area contributed by atoms with Crippen LogP contribution in [-0.2, 0) is 11.4 Å². The maximum Gasteiger partial charge on any atom is 0.234 e. The molecule has 0 fully saturated rings. The number of hydrogen-bond acceptors (Lipinski definition) is 5. The minimum Gasteiger partial charge on any atom is -0.485 e. The number of thioether (sulfide) groups is 1. The molecule has 1 amide bonds. The number of aryl methyl sites for hydroxylation is 2. The van der Waals surface area contributed by atoms with Crippen molar-refractivity contribution in [2.24, 2.45) is 0 Å². The first-order valence-electron chi connectivity index (χ1n) is 9.66. The highest BCUT2D eigenvalue weighted by Crippen LogP contribution is 2.28. The van der Waals surface area contributed by atoms with Gasteiger partial charge in [-0.2, -0.15) is 0 Å². The molecule has 3 aromatic rings. The lowest BCUT2D eigenvalue weighted by molar-refractivity contribution is -0.113. The molecule has 1 aromatic heterocycles. The molecule has 8 heteroatoms. The van der Waals surface area contributed by atoms with Crippen molar-refractivity contribution in [2.45, 2.75) is 45.4 Å². The third kappa shape index (κ3) is 5.86. The monoisotopic (exact) mass is 488 g/mol. The zero-order valence-electron chi connectivity index (χ0n) is 17.5. The molecule has 0 aliphatic heterocycles. The van der Waals surface area contributed by atoms with E-state index in [4.69, 9.17) is 4.74 Å². The molecule has 0 bridgehead atoms. The SMILES string of the molecule is Cc1cccc(C)c1OCc1nc(SCC(=O)Nc2ccc(Br)cc2C(C)C)n[nH]1. The van der Waals surface area contributed by atoms with Gasteiger partial charge in [-0.15, -0.1) is 5.10 Å². The number of halogens is 1. The first-order valence-corrected chi connectivity index (χ1v) is 11.4. The minimum atomic E-state index is -0.0950. The Hall–Kier alpha value is -2.32. The van der Waals surface area contributed by atoms with Crippen molar-refractivity contribution in [1.29, 1.82) is 0 Å². The smallest absolute Gasteiger partial charge is 0.234 e. The molecular formula is C22H25BrN4O2S. The zero-order valence-corrected chi connectivity index (χ0v) is 19.9. The molecule has 6 nitrogen and oxygen atoms in total. The third-order valence-electron chi connectivity index (χ3n) is 4.52. The number of ether oxygens (including phenoxy) is 1. The van der Waals surface area contributed by atoms with E-state index in [1.165, 1.54) is 11.8 Å². The number of amides is 1. The maximum absolute atomic E-state index is 12.4. The van der Waals surface area contributed by atoms with Crippen molar-refractivity contribution in [1.82, 2.24) is 15.2 Å². The van der Waals surface area contributed by atoms with Crippen LogP contribution in [-0.4, -0.2) is 26.8 Å². The van der Waals surface area contributed by atoms with Crippen LogP contribution in [0.15, 0.2) is 46.0 Å². The molecule has 0 spiro atoms. The number of nitrogens with zero attached hydrogens (tertiary/aromatic N) is 2. The summed E-state index contributed by atoms with van der Waals surface area (Å²) < 4.78 is 6.89. The number of carbonyl (C=O) groups is 1. The number of nitrogens with one attached hydrogen (secondary N) is 2. The third-order valence-corrected chi connectivity index (χ3v) is 5.86. The molecule has 0 aliphatic carbocycles. The van der Waals surface area contributed by atoms with Crippen molar-refractivity contribution in [3.05, 3.63) is 63.4 Å². The maximum atomic E-state index is 12.4. The zero-order chi connectivity index (χ0) is 21.7. The van der Waals surface area contributed by atoms with Crippen molar-refractivity contribution < 1.29 is 9.53 Å². The van der Waals surface area contributed by atoms with Gasteiger partial charge in [-0.3, -0.25) is 9.89 Å². The van der Waals surface area contributed by atoms with E-state index in [-0.39, 0.29) is 11.7 Å². The topological polar surface area (TPSA) is 79.9 Å². The van der Waals surface area contributed by atoms with Crippen LogP contribution in [0.2, 0.25) is 0 Å². The summed E-state index contributed by atoms with van der Waals surface area (Å²) in [5, 5.41) is 10.5. The second-order valence-electron chi connectivity index (χ2n) is 7.30. The molecule has 0 atom stereocenters. The number of aromatic amines is 1. The van der Waals surface area contributed by atoms with Gasteiger partial charge in [0, 0.05) is 10.2 Å². The summed E-state index contributed by atoms with van der Waals surface area (Å²) in [7, 11) is 0. The molecule has 30 heavy (non-hydrogen) atoms. The number of benzene rings is 2. The fraction of sp³-hybridized carbons (Fsp3) is 0.318. The highest BCUT2D eigenvalue weighted by atomic mass is 79.9. The van der Waals surface area contributed by atoms with Crippen molar-refractivity contribution in [2.75, 3.05) is 11.1 Å². The minimum absolute atomic E-state index is 0.0950. The van der Waals surface area contributed by atoms with E-state index in [9.17, 15) is 4.79 Å². The van der Waals surface area contributed by atoms with Crippen LogP contribution in [0, 0.1) is 13.8 Å². The molecule has 158 valence electrons. The molecular weight excluding hydrogens is 464 g/mol. The lowest BCUT2D eigenvalue weighted by Crippen LogP contribution is -2.15. The summed E-state index contributed by atoms with van der Waals surface area (Å²) in [4.78, 5) is 16.8. The van der Waals surface area contributed by atoms with E-state index in [0.717, 1.165) is 32.6 Å². The quantitative estimate of drug-likeness (QED) is 0.402. The van der Waals surface area contributed by atoms with Crippen LogP contribution >= 0.6 is 27.7 Å². The van der Waals surface area contributed by atoms with E-state index in [1.807, 2.05) is 50.2 Å². The predicted molar refractivity (Wildman–Crippen MR) is 124 cm³/mol. The van der Waals surface area contributed by atoms with Crippen LogP contribution in [0.4, 0.5) is 5.69 Å². The molecule has 0 saturated carbocycles. The Bertz CT molecular complexity index is 1020. The van der Waals surface area contributed by atoms with Gasteiger partial charge in [0.2, 0.25) is 11.1 Å². The van der Waals surface area contributed by atoms with Crippen molar-refractivity contribution >= 4 is 39.3 Å². The highest BCUT2D eigenvalue weighted by molar-refractivity contribution is 9.10. The normalized spacial score (nSPS) is 11.0. The predicted octanol–water partition coefficient (Wildman–Crippen LogP) is 5.62. The number of H-pyrrole nitrogens is 1. The van der Waals surface area contributed by atoms with Gasteiger partial charge in [0.15, 0.2) is 5.82 Å². The first-order chi connectivity index (χ1) is 14.3. The van der Waals surface area contributed by atoms with E-state index in [1.54, 1.807) is 0 Å². The van der Waals surface area contributed by atoms with E-state index >= 15 is 0 Å². The van der Waals surface area contributed by atoms with Gasteiger partial charge in [-0.25, -0.2) is 4.98 Å². The highest BCUT2D eigenvalue weighted by Gasteiger charge is 2.13. The van der Waals surface area contributed by atoms with Crippen LogP contribution in [0.5, 0.6) is 5.75 Å². The molecule has 3 rings (SSSR count). The molecule has 2 N–H and O–H groups in total. The van der Waals surface area contributed by atoms with Gasteiger partial charge < -0.3 is 10.1 Å². The van der Waals surface area contributed by atoms with Gasteiger partial charge in [-0.05, 0) is 54.7 Å². The molecule has 1 heterocycles. The summed E-state index contributed by atoms with van der Waals surface area (Å²) in [5.41, 5.74) is 4.08. The summed E-state index contributed by atoms with van der Waals surface area (Å²) in [6.07, 6.45) is 0. The number of anilines is 1. The molecule has 0 saturated heterocycles. The summed E-state index contributed by atoms with van der Waals surface area (Å²) in [5.74, 6) is 1.91. The summed E-state index contributed by atoms with van der Waals surface area (Å²) in [6, 6.07) is 11.9. The van der Waals surface area contributed by atoms with Gasteiger partial charge in [-0.1, -0.05) is 59.7 Å². The lowest BCUT2D eigenvalue weighted by atomic mass is 10.0. The largest absolute Gasteiger partial charge is 0.485 e. The number of rotatable bonds is 8. The van der Waals surface area contributed by atoms with Gasteiger partial charge in [0.05, 0.1) is 5.75 Å². The molecule has 0 unspecified atom stereocenters. The number of hydrogen-bond donors (Lipinski definition) is 2. The Labute approximate surface area is 189 Å². The van der Waals surface area contributed by atoms with Crippen LogP contribution in [0.25, 0.3) is 0 Å². The first kappa shape index (κ1) is 22.4. The van der Waals surface area contributed by atoms with Crippen LogP contribution < -0.4 is 10.1 Å². The molecule has 0 radical (unpaired) electrons. The Morgan fingerprint density at radius 3 is 2.67 bits per heavy atom. The Kier molecular flexibility index (Phi) is 7.55. The van der Waals surface area contributed by atoms with E-state index < -0.39 is 0 Å². The molecule has 2 aromatic carbocycles. The number of aromatic nitrogens is 3. The average molecular weight is 489 g/mol. The Balaban J connectivity index is 1.54. The standard InChI is InChI=1S/C22H25BrN4O2S/c1-13(2)17-10-16(23)8-9-18(17)24-20(28)12-30-22-25-19(26-27-22)11-29-21-14(3)6-5-7-15(21)4/h5-10,13H,11-12H2,1-4H3,(H,24,28)(H,25,26,27). The second kappa shape index (κ2) is 10.1. The van der Waals surface area contributed by atoms with Crippen LogP contribution in [0.1, 0.15) is 42.3 Å². The lowest BCUT2D eigenvalue weighted by Gasteiger charge is -2.14. The summed E-state index contributed by atoms with van der Waals surface area (Å²) >= 11 is 4.77.